The Balaban J connectivity index is 2.42. The van der Waals surface area contributed by atoms with Gasteiger partial charge in [0.15, 0.2) is 0 Å². The summed E-state index contributed by atoms with van der Waals surface area (Å²) >= 11 is 0. The second-order valence-electron chi connectivity index (χ2n) is 7.81. The van der Waals surface area contributed by atoms with Gasteiger partial charge in [-0.2, -0.15) is 0 Å². The third kappa shape index (κ3) is 3.95. The molecule has 1 aromatic carbocycles. The topological polar surface area (TPSA) is 80.6 Å². The van der Waals surface area contributed by atoms with Crippen LogP contribution in [0.3, 0.4) is 0 Å². The van der Waals surface area contributed by atoms with Gasteiger partial charge in [-0.25, -0.2) is 9.59 Å². The lowest BCUT2D eigenvalue weighted by atomic mass is 9.77. The van der Waals surface area contributed by atoms with Crippen LogP contribution in [0, 0.1) is 0 Å². The van der Waals surface area contributed by atoms with Crippen molar-refractivity contribution in [1.82, 2.24) is 9.88 Å². The standard InChI is InChI=1S/C19H26N2O4/c1-18(2,3)25-17(24)20-15(16(22)23)19(4,5)13-11-21(6)14-10-8-7-9-12(13)14/h7-11,15H,1-6H3,(H,20,24)(H,22,23)/t15-/m1/s1. The van der Waals surface area contributed by atoms with Crippen molar-refractivity contribution in [2.75, 3.05) is 0 Å². The van der Waals surface area contributed by atoms with E-state index in [1.165, 1.54) is 0 Å². The number of rotatable bonds is 4. The number of hydrogen-bond donors (Lipinski definition) is 2. The predicted molar refractivity (Wildman–Crippen MR) is 96.7 cm³/mol. The number of carbonyl (C=O) groups excluding carboxylic acids is 1. The Labute approximate surface area is 147 Å². The van der Waals surface area contributed by atoms with Crippen molar-refractivity contribution in [3.63, 3.8) is 0 Å². The van der Waals surface area contributed by atoms with Gasteiger partial charge < -0.3 is 19.7 Å². The number of ether oxygens (including phenoxy) is 1. The molecule has 6 nitrogen and oxygen atoms in total. The lowest BCUT2D eigenvalue weighted by Gasteiger charge is -2.32. The number of aryl methyl sites for hydroxylation is 1. The van der Waals surface area contributed by atoms with Gasteiger partial charge in [-0.05, 0) is 32.4 Å². The summed E-state index contributed by atoms with van der Waals surface area (Å²) in [5, 5.41) is 13.2. The van der Waals surface area contributed by atoms with Crippen LogP contribution >= 0.6 is 0 Å². The molecule has 6 heteroatoms. The fraction of sp³-hybridized carbons (Fsp3) is 0.474. The van der Waals surface area contributed by atoms with E-state index in [0.29, 0.717) is 0 Å². The Kier molecular flexibility index (Phi) is 4.84. The van der Waals surface area contributed by atoms with Crippen LogP contribution in [-0.2, 0) is 22.0 Å². The summed E-state index contributed by atoms with van der Waals surface area (Å²) in [5.41, 5.74) is 0.321. The van der Waals surface area contributed by atoms with Gasteiger partial charge in [0.25, 0.3) is 0 Å². The van der Waals surface area contributed by atoms with Gasteiger partial charge in [0, 0.05) is 29.6 Å². The minimum atomic E-state index is -1.13. The molecule has 0 bridgehead atoms. The summed E-state index contributed by atoms with van der Waals surface area (Å²) in [6.07, 6.45) is 1.17. The van der Waals surface area contributed by atoms with E-state index in [9.17, 15) is 14.7 Å². The Morgan fingerprint density at radius 1 is 1.16 bits per heavy atom. The molecule has 1 heterocycles. The maximum absolute atomic E-state index is 12.1. The maximum Gasteiger partial charge on any atom is 0.408 e. The van der Waals surface area contributed by atoms with E-state index in [1.54, 1.807) is 20.8 Å². The first-order valence-corrected chi connectivity index (χ1v) is 8.20. The van der Waals surface area contributed by atoms with Crippen LogP contribution in [0.1, 0.15) is 40.2 Å². The number of carboxylic acids is 1. The van der Waals surface area contributed by atoms with E-state index in [4.69, 9.17) is 4.74 Å². The van der Waals surface area contributed by atoms with Gasteiger partial charge in [-0.1, -0.05) is 32.0 Å². The van der Waals surface area contributed by atoms with E-state index in [1.807, 2.05) is 55.9 Å². The Hall–Kier alpha value is -2.50. The summed E-state index contributed by atoms with van der Waals surface area (Å²) < 4.78 is 7.18. The number of amides is 1. The number of carbonyl (C=O) groups is 2. The van der Waals surface area contributed by atoms with Crippen molar-refractivity contribution in [3.8, 4) is 0 Å². The number of hydrogen-bond acceptors (Lipinski definition) is 3. The number of aliphatic carboxylic acids is 1. The zero-order chi connectivity index (χ0) is 19.0. The number of carboxylic acid groups (broad SMARTS) is 1. The number of aromatic nitrogens is 1. The number of fused-ring (bicyclic) bond motifs is 1. The van der Waals surface area contributed by atoms with E-state index in [-0.39, 0.29) is 0 Å². The minimum absolute atomic E-state index is 0.698. The van der Waals surface area contributed by atoms with E-state index < -0.39 is 29.1 Å². The first-order chi connectivity index (χ1) is 11.4. The van der Waals surface area contributed by atoms with Crippen molar-refractivity contribution in [1.29, 1.82) is 0 Å². The highest BCUT2D eigenvalue weighted by molar-refractivity contribution is 5.88. The molecule has 2 rings (SSSR count). The lowest BCUT2D eigenvalue weighted by Crippen LogP contribution is -2.53. The molecule has 0 aliphatic carbocycles. The van der Waals surface area contributed by atoms with E-state index in [2.05, 4.69) is 5.32 Å². The predicted octanol–water partition coefficient (Wildman–Crippen LogP) is 3.43. The van der Waals surface area contributed by atoms with Crippen molar-refractivity contribution in [2.24, 2.45) is 7.05 Å². The van der Waals surface area contributed by atoms with Gasteiger partial charge in [-0.3, -0.25) is 0 Å². The van der Waals surface area contributed by atoms with E-state index >= 15 is 0 Å². The second-order valence-corrected chi connectivity index (χ2v) is 7.81. The summed E-state index contributed by atoms with van der Waals surface area (Å²) in [6, 6.07) is 6.66. The van der Waals surface area contributed by atoms with Gasteiger partial charge in [0.05, 0.1) is 0 Å². The summed E-state index contributed by atoms with van der Waals surface area (Å²) in [5.74, 6) is -1.11. The average Bonchev–Trinajstić information content (AvgIpc) is 2.81. The summed E-state index contributed by atoms with van der Waals surface area (Å²) in [7, 11) is 1.92. The Morgan fingerprint density at radius 3 is 2.32 bits per heavy atom. The van der Waals surface area contributed by atoms with Crippen molar-refractivity contribution in [3.05, 3.63) is 36.0 Å². The minimum Gasteiger partial charge on any atom is -0.480 e. The van der Waals surface area contributed by atoms with Crippen molar-refractivity contribution < 1.29 is 19.4 Å². The fourth-order valence-electron chi connectivity index (χ4n) is 2.99. The molecule has 0 aliphatic rings. The molecule has 0 spiro atoms. The molecule has 0 aliphatic heterocycles. The number of nitrogens with zero attached hydrogens (tertiary/aromatic N) is 1. The smallest absolute Gasteiger partial charge is 0.408 e. The largest absolute Gasteiger partial charge is 0.480 e. The van der Waals surface area contributed by atoms with E-state index in [0.717, 1.165) is 16.5 Å². The van der Waals surface area contributed by atoms with Crippen LogP contribution in [0.25, 0.3) is 10.9 Å². The molecule has 2 N–H and O–H groups in total. The normalized spacial score (nSPS) is 13.5. The van der Waals surface area contributed by atoms with Crippen molar-refractivity contribution in [2.45, 2.75) is 51.7 Å². The third-order valence-corrected chi connectivity index (χ3v) is 4.22. The average molecular weight is 346 g/mol. The first kappa shape index (κ1) is 18.8. The van der Waals surface area contributed by atoms with Crippen LogP contribution in [-0.4, -0.2) is 33.4 Å². The molecule has 25 heavy (non-hydrogen) atoms. The maximum atomic E-state index is 12.1. The van der Waals surface area contributed by atoms with Gasteiger partial charge in [-0.15, -0.1) is 0 Å². The highest BCUT2D eigenvalue weighted by Gasteiger charge is 2.40. The highest BCUT2D eigenvalue weighted by atomic mass is 16.6. The zero-order valence-corrected chi connectivity index (χ0v) is 15.6. The quantitative estimate of drug-likeness (QED) is 0.889. The number of alkyl carbamates (subject to hydrolysis) is 1. The third-order valence-electron chi connectivity index (χ3n) is 4.22. The molecule has 0 unspecified atom stereocenters. The summed E-state index contributed by atoms with van der Waals surface area (Å²) in [4.78, 5) is 24.0. The molecule has 0 radical (unpaired) electrons. The van der Waals surface area contributed by atoms with Crippen LogP contribution in [0.2, 0.25) is 0 Å². The van der Waals surface area contributed by atoms with Gasteiger partial charge in [0.1, 0.15) is 11.6 Å². The van der Waals surface area contributed by atoms with Crippen LogP contribution in [0.15, 0.2) is 30.5 Å². The monoisotopic (exact) mass is 346 g/mol. The first-order valence-electron chi connectivity index (χ1n) is 8.20. The lowest BCUT2D eigenvalue weighted by molar-refractivity contribution is -0.141. The van der Waals surface area contributed by atoms with Crippen LogP contribution < -0.4 is 5.32 Å². The van der Waals surface area contributed by atoms with Crippen LogP contribution in [0.4, 0.5) is 4.79 Å². The molecule has 2 aromatic rings. The highest BCUT2D eigenvalue weighted by Crippen LogP contribution is 2.34. The zero-order valence-electron chi connectivity index (χ0n) is 15.6. The number of nitrogens with one attached hydrogen (secondary N) is 1. The molecule has 1 atom stereocenters. The molecule has 1 amide bonds. The molecule has 0 saturated carbocycles. The molecule has 1 aromatic heterocycles. The SMILES string of the molecule is Cn1cc(C(C)(C)[C@H](NC(=O)OC(C)(C)C)C(=O)O)c2ccccc21. The molecular weight excluding hydrogens is 320 g/mol. The summed E-state index contributed by atoms with van der Waals surface area (Å²) in [6.45, 7) is 8.82. The number of para-hydroxylation sites is 1. The fourth-order valence-corrected chi connectivity index (χ4v) is 2.99. The molecule has 136 valence electrons. The number of benzene rings is 1. The van der Waals surface area contributed by atoms with Crippen LogP contribution in [0.5, 0.6) is 0 Å². The second kappa shape index (κ2) is 6.43. The van der Waals surface area contributed by atoms with Crippen molar-refractivity contribution >= 4 is 23.0 Å². The Bertz CT molecular complexity index is 799. The molecule has 0 saturated heterocycles. The van der Waals surface area contributed by atoms with Gasteiger partial charge >= 0.3 is 12.1 Å². The molecule has 0 fully saturated rings. The van der Waals surface area contributed by atoms with Gasteiger partial charge in [0.2, 0.25) is 0 Å². The Morgan fingerprint density at radius 2 is 1.76 bits per heavy atom. The molecular formula is C19H26N2O4.